The van der Waals surface area contributed by atoms with Gasteiger partial charge in [0, 0.05) is 26.2 Å². The Bertz CT molecular complexity index is 153. The van der Waals surface area contributed by atoms with Gasteiger partial charge in [0.1, 0.15) is 0 Å². The van der Waals surface area contributed by atoms with E-state index in [1.54, 1.807) is 0 Å². The number of hydrogen-bond donors (Lipinski definition) is 1. The van der Waals surface area contributed by atoms with Crippen molar-refractivity contribution in [3.05, 3.63) is 0 Å². The van der Waals surface area contributed by atoms with E-state index < -0.39 is 0 Å². The first-order chi connectivity index (χ1) is 6.72. The van der Waals surface area contributed by atoms with Crippen LogP contribution in [0, 0.1) is 0 Å². The third-order valence-corrected chi connectivity index (χ3v) is 2.34. The molecule has 1 aliphatic rings. The molecule has 0 aliphatic carbocycles. The summed E-state index contributed by atoms with van der Waals surface area (Å²) in [4.78, 5) is 2.35. The van der Waals surface area contributed by atoms with Gasteiger partial charge < -0.3 is 15.2 Å². The Morgan fingerprint density at radius 1 is 1.57 bits per heavy atom. The van der Waals surface area contributed by atoms with Gasteiger partial charge >= 0.3 is 0 Å². The van der Waals surface area contributed by atoms with Crippen LogP contribution in [0.2, 0.25) is 0 Å². The van der Waals surface area contributed by atoms with Crippen molar-refractivity contribution in [2.45, 2.75) is 26.1 Å². The molecular weight excluding hydrogens is 180 g/mol. The average molecular weight is 202 g/mol. The highest BCUT2D eigenvalue weighted by molar-refractivity contribution is 4.71. The zero-order valence-corrected chi connectivity index (χ0v) is 9.24. The van der Waals surface area contributed by atoms with E-state index in [4.69, 9.17) is 15.2 Å². The fraction of sp³-hybridized carbons (Fsp3) is 1.00. The summed E-state index contributed by atoms with van der Waals surface area (Å²) in [6.45, 7) is 9.25. The first kappa shape index (κ1) is 11.9. The second-order valence-electron chi connectivity index (χ2n) is 3.95. The molecule has 0 bridgehead atoms. The van der Waals surface area contributed by atoms with Crippen molar-refractivity contribution >= 4 is 0 Å². The average Bonchev–Trinajstić information content (AvgIpc) is 2.18. The van der Waals surface area contributed by atoms with Crippen molar-refractivity contribution in [3.8, 4) is 0 Å². The van der Waals surface area contributed by atoms with Crippen LogP contribution >= 0.6 is 0 Å². The van der Waals surface area contributed by atoms with Crippen molar-refractivity contribution < 1.29 is 9.47 Å². The van der Waals surface area contributed by atoms with E-state index in [-0.39, 0.29) is 6.10 Å². The van der Waals surface area contributed by atoms with Gasteiger partial charge in [0.2, 0.25) is 0 Å². The topological polar surface area (TPSA) is 47.7 Å². The lowest BCUT2D eigenvalue weighted by Gasteiger charge is -2.32. The SMILES string of the molecule is CC(C)OCCN1CCOC(CN)C1. The van der Waals surface area contributed by atoms with Crippen molar-refractivity contribution in [2.75, 3.05) is 39.4 Å². The summed E-state index contributed by atoms with van der Waals surface area (Å²) in [6.07, 6.45) is 0.532. The van der Waals surface area contributed by atoms with Crippen molar-refractivity contribution in [3.63, 3.8) is 0 Å². The van der Waals surface area contributed by atoms with Crippen molar-refractivity contribution in [1.82, 2.24) is 4.90 Å². The molecule has 0 spiro atoms. The standard InChI is InChI=1S/C10H22N2O2/c1-9(2)13-5-3-12-4-6-14-10(7-11)8-12/h9-10H,3-8,11H2,1-2H3. The molecule has 0 radical (unpaired) electrons. The predicted octanol–water partition coefficient (Wildman–Crippen LogP) is 0.0709. The fourth-order valence-electron chi connectivity index (χ4n) is 1.54. The van der Waals surface area contributed by atoms with Crippen LogP contribution in [0.4, 0.5) is 0 Å². The minimum atomic E-state index is 0.211. The van der Waals surface area contributed by atoms with Gasteiger partial charge in [-0.2, -0.15) is 0 Å². The molecule has 4 nitrogen and oxygen atoms in total. The van der Waals surface area contributed by atoms with Gasteiger partial charge in [0.25, 0.3) is 0 Å². The summed E-state index contributed by atoms with van der Waals surface area (Å²) in [7, 11) is 0. The van der Waals surface area contributed by atoms with Gasteiger partial charge in [-0.25, -0.2) is 0 Å². The lowest BCUT2D eigenvalue weighted by molar-refractivity contribution is -0.0352. The van der Waals surface area contributed by atoms with Crippen LogP contribution in [-0.4, -0.2) is 56.5 Å². The second-order valence-corrected chi connectivity index (χ2v) is 3.95. The molecule has 1 unspecified atom stereocenters. The molecule has 0 aromatic heterocycles. The van der Waals surface area contributed by atoms with Gasteiger partial charge in [-0.05, 0) is 13.8 Å². The van der Waals surface area contributed by atoms with E-state index >= 15 is 0 Å². The van der Waals surface area contributed by atoms with Gasteiger partial charge in [0.05, 0.1) is 25.4 Å². The highest BCUT2D eigenvalue weighted by Crippen LogP contribution is 2.03. The Hall–Kier alpha value is -0.160. The van der Waals surface area contributed by atoms with E-state index in [2.05, 4.69) is 18.7 Å². The molecule has 4 heteroatoms. The van der Waals surface area contributed by atoms with E-state index in [0.717, 1.165) is 32.8 Å². The Labute approximate surface area is 86.3 Å². The smallest absolute Gasteiger partial charge is 0.0824 e. The number of ether oxygens (including phenoxy) is 2. The van der Waals surface area contributed by atoms with E-state index in [9.17, 15) is 0 Å². The van der Waals surface area contributed by atoms with Crippen LogP contribution in [0.1, 0.15) is 13.8 Å². The molecule has 84 valence electrons. The zero-order valence-electron chi connectivity index (χ0n) is 9.24. The largest absolute Gasteiger partial charge is 0.377 e. The highest BCUT2D eigenvalue weighted by Gasteiger charge is 2.18. The monoisotopic (exact) mass is 202 g/mol. The molecule has 0 amide bonds. The first-order valence-corrected chi connectivity index (χ1v) is 5.38. The van der Waals surface area contributed by atoms with Gasteiger partial charge in [-0.15, -0.1) is 0 Å². The van der Waals surface area contributed by atoms with E-state index in [1.165, 1.54) is 0 Å². The van der Waals surface area contributed by atoms with Crippen molar-refractivity contribution in [2.24, 2.45) is 5.73 Å². The van der Waals surface area contributed by atoms with Crippen LogP contribution in [-0.2, 0) is 9.47 Å². The summed E-state index contributed by atoms with van der Waals surface area (Å²) in [5, 5.41) is 0. The lowest BCUT2D eigenvalue weighted by Crippen LogP contribution is -2.46. The fourth-order valence-corrected chi connectivity index (χ4v) is 1.54. The third-order valence-electron chi connectivity index (χ3n) is 2.34. The van der Waals surface area contributed by atoms with Gasteiger partial charge in [-0.3, -0.25) is 4.90 Å². The Kier molecular flexibility index (Phi) is 5.40. The molecule has 1 saturated heterocycles. The van der Waals surface area contributed by atoms with Gasteiger partial charge in [-0.1, -0.05) is 0 Å². The van der Waals surface area contributed by atoms with E-state index in [1.807, 2.05) is 0 Å². The second kappa shape index (κ2) is 6.35. The molecule has 14 heavy (non-hydrogen) atoms. The van der Waals surface area contributed by atoms with Crippen LogP contribution < -0.4 is 5.73 Å². The van der Waals surface area contributed by atoms with Crippen LogP contribution in [0.5, 0.6) is 0 Å². The Morgan fingerprint density at radius 3 is 3.00 bits per heavy atom. The lowest BCUT2D eigenvalue weighted by atomic mass is 10.3. The minimum absolute atomic E-state index is 0.211. The maximum absolute atomic E-state index is 5.56. The number of rotatable bonds is 5. The molecule has 2 N–H and O–H groups in total. The molecule has 1 fully saturated rings. The number of morpholine rings is 1. The normalized spacial score (nSPS) is 24.4. The molecule has 1 heterocycles. The Balaban J connectivity index is 2.11. The van der Waals surface area contributed by atoms with Crippen LogP contribution in [0.25, 0.3) is 0 Å². The molecule has 0 aromatic carbocycles. The summed E-state index contributed by atoms with van der Waals surface area (Å²) in [5.74, 6) is 0. The maximum Gasteiger partial charge on any atom is 0.0824 e. The molecule has 0 aromatic rings. The van der Waals surface area contributed by atoms with Crippen molar-refractivity contribution in [1.29, 1.82) is 0 Å². The quantitative estimate of drug-likeness (QED) is 0.685. The summed E-state index contributed by atoms with van der Waals surface area (Å²) >= 11 is 0. The van der Waals surface area contributed by atoms with Crippen LogP contribution in [0.3, 0.4) is 0 Å². The zero-order chi connectivity index (χ0) is 10.4. The molecule has 1 rings (SSSR count). The summed E-state index contributed by atoms with van der Waals surface area (Å²) in [6, 6.07) is 0. The summed E-state index contributed by atoms with van der Waals surface area (Å²) < 4.78 is 11.0. The minimum Gasteiger partial charge on any atom is -0.377 e. The molecular formula is C10H22N2O2. The highest BCUT2D eigenvalue weighted by atomic mass is 16.5. The number of nitrogens with zero attached hydrogens (tertiary/aromatic N) is 1. The number of hydrogen-bond acceptors (Lipinski definition) is 4. The molecule has 1 aliphatic heterocycles. The molecule has 1 atom stereocenters. The number of nitrogens with two attached hydrogens (primary N) is 1. The first-order valence-electron chi connectivity index (χ1n) is 5.38. The Morgan fingerprint density at radius 2 is 2.36 bits per heavy atom. The maximum atomic E-state index is 5.56. The third kappa shape index (κ3) is 4.37. The molecule has 0 saturated carbocycles. The predicted molar refractivity (Wildman–Crippen MR) is 56.3 cm³/mol. The summed E-state index contributed by atoms with van der Waals surface area (Å²) in [5.41, 5.74) is 5.56. The van der Waals surface area contributed by atoms with E-state index in [0.29, 0.717) is 12.6 Å². The van der Waals surface area contributed by atoms with Crippen LogP contribution in [0.15, 0.2) is 0 Å². The van der Waals surface area contributed by atoms with Gasteiger partial charge in [0.15, 0.2) is 0 Å².